The largest absolute Gasteiger partial charge is 0.373 e. The number of nitrogens with one attached hydrogen (secondary N) is 1. The van der Waals surface area contributed by atoms with Crippen molar-refractivity contribution in [3.05, 3.63) is 29.6 Å². The van der Waals surface area contributed by atoms with Crippen LogP contribution >= 0.6 is 0 Å². The molecule has 1 aromatic rings. The predicted octanol–water partition coefficient (Wildman–Crippen LogP) is 0.450. The summed E-state index contributed by atoms with van der Waals surface area (Å²) in [5.74, 6) is -0.0110. The monoisotopic (exact) mass is 249 g/mol. The molecule has 0 radical (unpaired) electrons. The normalized spacial score (nSPS) is 19.9. The van der Waals surface area contributed by atoms with Gasteiger partial charge in [0.25, 0.3) is 5.91 Å². The van der Waals surface area contributed by atoms with Gasteiger partial charge in [-0.05, 0) is 26.1 Å². The number of carbonyl (C=O) groups is 1. The van der Waals surface area contributed by atoms with Gasteiger partial charge in [-0.3, -0.25) is 4.79 Å². The lowest BCUT2D eigenvalue weighted by Gasteiger charge is -2.32. The van der Waals surface area contributed by atoms with Gasteiger partial charge in [0.1, 0.15) is 5.69 Å². The Morgan fingerprint density at radius 3 is 3.17 bits per heavy atom. The van der Waals surface area contributed by atoms with E-state index in [1.165, 1.54) is 0 Å². The van der Waals surface area contributed by atoms with E-state index in [1.54, 1.807) is 6.07 Å². The van der Waals surface area contributed by atoms with Gasteiger partial charge >= 0.3 is 0 Å². The molecule has 1 aromatic heterocycles. The van der Waals surface area contributed by atoms with Crippen LogP contribution in [0.4, 0.5) is 0 Å². The number of ether oxygens (including phenoxy) is 1. The number of hydrogen-bond acceptors (Lipinski definition) is 4. The highest BCUT2D eigenvalue weighted by Gasteiger charge is 2.25. The number of carbonyl (C=O) groups excluding carboxylic acids is 1. The van der Waals surface area contributed by atoms with Gasteiger partial charge in [0, 0.05) is 25.3 Å². The van der Waals surface area contributed by atoms with Crippen molar-refractivity contribution < 1.29 is 9.53 Å². The summed E-state index contributed by atoms with van der Waals surface area (Å²) in [4.78, 5) is 18.4. The molecule has 1 unspecified atom stereocenters. The van der Waals surface area contributed by atoms with Crippen LogP contribution in [-0.4, -0.2) is 55.2 Å². The topological polar surface area (TPSA) is 54.5 Å². The zero-order valence-corrected chi connectivity index (χ0v) is 10.8. The second-order valence-electron chi connectivity index (χ2n) is 4.47. The van der Waals surface area contributed by atoms with E-state index in [-0.39, 0.29) is 12.0 Å². The van der Waals surface area contributed by atoms with Gasteiger partial charge in [-0.15, -0.1) is 0 Å². The van der Waals surface area contributed by atoms with E-state index in [9.17, 15) is 4.79 Å². The van der Waals surface area contributed by atoms with Gasteiger partial charge in [0.2, 0.25) is 0 Å². The predicted molar refractivity (Wildman–Crippen MR) is 68.5 cm³/mol. The molecule has 5 heteroatoms. The summed E-state index contributed by atoms with van der Waals surface area (Å²) in [6.45, 7) is 4.48. The highest BCUT2D eigenvalue weighted by Crippen LogP contribution is 2.09. The Kier molecular flexibility index (Phi) is 4.28. The SMILES string of the molecule is CNCC1CN(C(=O)c2cccc(C)n2)CCO1. The molecular weight excluding hydrogens is 230 g/mol. The van der Waals surface area contributed by atoms with Crippen molar-refractivity contribution in [3.8, 4) is 0 Å². The third kappa shape index (κ3) is 3.05. The quantitative estimate of drug-likeness (QED) is 0.845. The number of rotatable bonds is 3. The third-order valence-electron chi connectivity index (χ3n) is 2.97. The van der Waals surface area contributed by atoms with Crippen LogP contribution in [0.3, 0.4) is 0 Å². The average molecular weight is 249 g/mol. The first-order chi connectivity index (χ1) is 8.70. The summed E-state index contributed by atoms with van der Waals surface area (Å²) in [6, 6.07) is 5.51. The molecule has 5 nitrogen and oxygen atoms in total. The molecule has 18 heavy (non-hydrogen) atoms. The smallest absolute Gasteiger partial charge is 0.272 e. The van der Waals surface area contributed by atoms with E-state index >= 15 is 0 Å². The number of hydrogen-bond donors (Lipinski definition) is 1. The lowest BCUT2D eigenvalue weighted by molar-refractivity contribution is -0.0198. The Morgan fingerprint density at radius 2 is 2.44 bits per heavy atom. The maximum absolute atomic E-state index is 12.3. The lowest BCUT2D eigenvalue weighted by atomic mass is 10.2. The Morgan fingerprint density at radius 1 is 1.61 bits per heavy atom. The van der Waals surface area contributed by atoms with Crippen molar-refractivity contribution in [1.82, 2.24) is 15.2 Å². The number of aromatic nitrogens is 1. The molecule has 0 aliphatic carbocycles. The molecule has 2 rings (SSSR count). The molecule has 1 saturated heterocycles. The maximum Gasteiger partial charge on any atom is 0.272 e. The number of morpholine rings is 1. The van der Waals surface area contributed by atoms with Crippen molar-refractivity contribution in [3.63, 3.8) is 0 Å². The first-order valence-electron chi connectivity index (χ1n) is 6.20. The van der Waals surface area contributed by atoms with Crippen molar-refractivity contribution in [2.45, 2.75) is 13.0 Å². The number of aryl methyl sites for hydroxylation is 1. The second-order valence-corrected chi connectivity index (χ2v) is 4.47. The first-order valence-corrected chi connectivity index (χ1v) is 6.20. The average Bonchev–Trinajstić information content (AvgIpc) is 2.39. The van der Waals surface area contributed by atoms with Crippen LogP contribution in [0, 0.1) is 6.92 Å². The molecule has 0 bridgehead atoms. The zero-order chi connectivity index (χ0) is 13.0. The summed E-state index contributed by atoms with van der Waals surface area (Å²) in [7, 11) is 1.88. The minimum absolute atomic E-state index is 0.0110. The van der Waals surface area contributed by atoms with E-state index in [1.807, 2.05) is 31.0 Å². The van der Waals surface area contributed by atoms with Gasteiger partial charge in [-0.25, -0.2) is 4.98 Å². The highest BCUT2D eigenvalue weighted by molar-refractivity contribution is 5.92. The van der Waals surface area contributed by atoms with E-state index in [0.29, 0.717) is 25.4 Å². The Hall–Kier alpha value is -1.46. The second kappa shape index (κ2) is 5.93. The fourth-order valence-corrected chi connectivity index (χ4v) is 2.08. The van der Waals surface area contributed by atoms with Crippen molar-refractivity contribution in [2.75, 3.05) is 33.3 Å². The number of nitrogens with zero attached hydrogens (tertiary/aromatic N) is 2. The van der Waals surface area contributed by atoms with Crippen LogP contribution in [0.25, 0.3) is 0 Å². The van der Waals surface area contributed by atoms with Crippen LogP contribution in [0.2, 0.25) is 0 Å². The van der Waals surface area contributed by atoms with Crippen molar-refractivity contribution in [1.29, 1.82) is 0 Å². The van der Waals surface area contributed by atoms with Crippen LogP contribution in [-0.2, 0) is 4.74 Å². The van der Waals surface area contributed by atoms with Gasteiger partial charge < -0.3 is 15.0 Å². The Labute approximate surface area is 107 Å². The Balaban J connectivity index is 2.04. The zero-order valence-electron chi connectivity index (χ0n) is 10.8. The van der Waals surface area contributed by atoms with E-state index in [0.717, 1.165) is 12.2 Å². The van der Waals surface area contributed by atoms with Gasteiger partial charge in [-0.1, -0.05) is 6.07 Å². The molecule has 1 aliphatic rings. The van der Waals surface area contributed by atoms with Crippen molar-refractivity contribution in [2.24, 2.45) is 0 Å². The highest BCUT2D eigenvalue weighted by atomic mass is 16.5. The van der Waals surface area contributed by atoms with E-state index in [4.69, 9.17) is 4.74 Å². The molecular formula is C13H19N3O2. The molecule has 2 heterocycles. The van der Waals surface area contributed by atoms with Crippen molar-refractivity contribution >= 4 is 5.91 Å². The summed E-state index contributed by atoms with van der Waals surface area (Å²) < 4.78 is 5.58. The summed E-state index contributed by atoms with van der Waals surface area (Å²) >= 11 is 0. The first kappa shape index (κ1) is 13.0. The van der Waals surface area contributed by atoms with E-state index < -0.39 is 0 Å². The number of pyridine rings is 1. The minimum atomic E-state index is -0.0110. The van der Waals surface area contributed by atoms with Crippen LogP contribution in [0.1, 0.15) is 16.2 Å². The lowest BCUT2D eigenvalue weighted by Crippen LogP contribution is -2.48. The van der Waals surface area contributed by atoms with E-state index in [2.05, 4.69) is 10.3 Å². The fourth-order valence-electron chi connectivity index (χ4n) is 2.08. The molecule has 98 valence electrons. The molecule has 0 spiro atoms. The molecule has 1 fully saturated rings. The summed E-state index contributed by atoms with van der Waals surface area (Å²) in [6.07, 6.45) is 0.0671. The minimum Gasteiger partial charge on any atom is -0.373 e. The number of amides is 1. The number of likely N-dealkylation sites (N-methyl/N-ethyl adjacent to an activating group) is 1. The molecule has 1 amide bonds. The van der Waals surface area contributed by atoms with Gasteiger partial charge in [0.05, 0.1) is 12.7 Å². The van der Waals surface area contributed by atoms with Crippen LogP contribution in [0.5, 0.6) is 0 Å². The molecule has 1 atom stereocenters. The Bertz CT molecular complexity index is 420. The molecule has 1 N–H and O–H groups in total. The maximum atomic E-state index is 12.3. The summed E-state index contributed by atoms with van der Waals surface area (Å²) in [5, 5.41) is 3.07. The molecule has 0 aromatic carbocycles. The molecule has 1 aliphatic heterocycles. The molecule has 0 saturated carbocycles. The summed E-state index contributed by atoms with van der Waals surface area (Å²) in [5.41, 5.74) is 1.38. The third-order valence-corrected chi connectivity index (χ3v) is 2.97. The van der Waals surface area contributed by atoms with Gasteiger partial charge in [0.15, 0.2) is 0 Å². The van der Waals surface area contributed by atoms with Crippen LogP contribution < -0.4 is 5.32 Å². The van der Waals surface area contributed by atoms with Gasteiger partial charge in [-0.2, -0.15) is 0 Å². The van der Waals surface area contributed by atoms with Crippen LogP contribution in [0.15, 0.2) is 18.2 Å². The fraction of sp³-hybridized carbons (Fsp3) is 0.538. The standard InChI is InChI=1S/C13H19N3O2/c1-10-4-3-5-12(15-10)13(17)16-6-7-18-11(9-16)8-14-2/h3-5,11,14H,6-9H2,1-2H3.